The van der Waals surface area contributed by atoms with Crippen molar-refractivity contribution in [2.75, 3.05) is 0 Å². The molecule has 32 heavy (non-hydrogen) atoms. The summed E-state index contributed by atoms with van der Waals surface area (Å²) in [7, 11) is 0. The van der Waals surface area contributed by atoms with E-state index >= 15 is 0 Å². The topological polar surface area (TPSA) is 53.0 Å². The van der Waals surface area contributed by atoms with Gasteiger partial charge in [-0.05, 0) is 106 Å². The highest BCUT2D eigenvalue weighted by Crippen LogP contribution is 2.76. The van der Waals surface area contributed by atoms with Gasteiger partial charge in [-0.15, -0.1) is 0 Å². The zero-order valence-electron chi connectivity index (χ0n) is 21.7. The predicted molar refractivity (Wildman–Crippen MR) is 129 cm³/mol. The first-order valence-electron chi connectivity index (χ1n) is 13.7. The smallest absolute Gasteiger partial charge is 0.188 e. The second-order valence-corrected chi connectivity index (χ2v) is 13.7. The van der Waals surface area contributed by atoms with Crippen LogP contribution < -0.4 is 0 Å². The molecule has 1 saturated heterocycles. The molecule has 2 N–H and O–H groups in total. The van der Waals surface area contributed by atoms with Gasteiger partial charge in [-0.2, -0.15) is 0 Å². The zero-order chi connectivity index (χ0) is 23.3. The van der Waals surface area contributed by atoms with Gasteiger partial charge in [-0.25, -0.2) is 0 Å². The maximum absolute atomic E-state index is 11.1. The van der Waals surface area contributed by atoms with Crippen molar-refractivity contribution in [3.8, 4) is 0 Å². The minimum absolute atomic E-state index is 0.0122. The first-order valence-corrected chi connectivity index (χ1v) is 13.7. The molecule has 4 aliphatic carbocycles. The summed E-state index contributed by atoms with van der Waals surface area (Å²) in [4.78, 5) is 0. The lowest BCUT2D eigenvalue weighted by atomic mass is 9.43. The van der Waals surface area contributed by atoms with Crippen LogP contribution in [0.15, 0.2) is 12.2 Å². The van der Waals surface area contributed by atoms with Crippen molar-refractivity contribution in [3.63, 3.8) is 0 Å². The molecule has 0 radical (unpaired) electrons. The summed E-state index contributed by atoms with van der Waals surface area (Å²) in [5.41, 5.74) is -0.139. The molecule has 5 rings (SSSR count). The number of rotatable bonds is 4. The number of hydrogen-bond acceptors (Lipinski definition) is 3. The lowest BCUT2D eigenvalue weighted by Crippen LogP contribution is -2.62. The maximum Gasteiger partial charge on any atom is 0.188 e. The fourth-order valence-corrected chi connectivity index (χ4v) is 10.0. The van der Waals surface area contributed by atoms with Crippen molar-refractivity contribution < 1.29 is 14.9 Å². The SMILES string of the molecule is CC(C)C(C)C(C)C[C@]1(C)O[C@@]12CC[C@H]1[C@@H]3CCC4CC=CC(O)(O)[C@]4(C)[C@H]3CC[C@@]12C. The molecule has 3 heteroatoms. The molecule has 0 aromatic heterocycles. The highest BCUT2D eigenvalue weighted by Gasteiger charge is 2.80. The van der Waals surface area contributed by atoms with Crippen molar-refractivity contribution >= 4 is 0 Å². The van der Waals surface area contributed by atoms with Crippen LogP contribution in [0.25, 0.3) is 0 Å². The third-order valence-electron chi connectivity index (χ3n) is 12.5. The Kier molecular flexibility index (Phi) is 5.17. The molecule has 0 aromatic carbocycles. The number of allylic oxidation sites excluding steroid dienone is 1. The molecule has 0 bridgehead atoms. The van der Waals surface area contributed by atoms with E-state index < -0.39 is 11.2 Å². The van der Waals surface area contributed by atoms with Gasteiger partial charge < -0.3 is 14.9 Å². The van der Waals surface area contributed by atoms with Gasteiger partial charge >= 0.3 is 0 Å². The van der Waals surface area contributed by atoms with Gasteiger partial charge in [-0.1, -0.05) is 47.6 Å². The Morgan fingerprint density at radius 2 is 1.62 bits per heavy atom. The van der Waals surface area contributed by atoms with Crippen LogP contribution in [0.1, 0.15) is 99.8 Å². The molecule has 1 heterocycles. The fourth-order valence-electron chi connectivity index (χ4n) is 10.0. The van der Waals surface area contributed by atoms with Crippen molar-refractivity contribution in [3.05, 3.63) is 12.2 Å². The number of hydrogen-bond donors (Lipinski definition) is 2. The molecular weight excluding hydrogens is 396 g/mol. The Hall–Kier alpha value is -0.380. The lowest BCUT2D eigenvalue weighted by molar-refractivity contribution is -0.272. The number of aliphatic hydroxyl groups is 2. The monoisotopic (exact) mass is 444 g/mol. The summed E-state index contributed by atoms with van der Waals surface area (Å²) in [6, 6.07) is 0. The van der Waals surface area contributed by atoms with Crippen LogP contribution in [0, 0.1) is 52.3 Å². The van der Waals surface area contributed by atoms with Gasteiger partial charge in [0.1, 0.15) is 5.60 Å². The Morgan fingerprint density at radius 1 is 0.938 bits per heavy atom. The van der Waals surface area contributed by atoms with Crippen LogP contribution in [0.5, 0.6) is 0 Å². The van der Waals surface area contributed by atoms with Crippen LogP contribution in [0.4, 0.5) is 0 Å². The molecule has 10 atom stereocenters. The van der Waals surface area contributed by atoms with Gasteiger partial charge in [0.15, 0.2) is 5.79 Å². The number of epoxide rings is 1. The molecule has 5 aliphatic rings. The van der Waals surface area contributed by atoms with E-state index in [1.165, 1.54) is 32.1 Å². The second-order valence-electron chi connectivity index (χ2n) is 13.7. The van der Waals surface area contributed by atoms with E-state index in [-0.39, 0.29) is 16.6 Å². The van der Waals surface area contributed by atoms with Crippen LogP contribution in [0.3, 0.4) is 0 Å². The van der Waals surface area contributed by atoms with Crippen molar-refractivity contribution in [2.24, 2.45) is 52.3 Å². The Labute approximate surface area is 196 Å². The summed E-state index contributed by atoms with van der Waals surface area (Å²) in [6.45, 7) is 16.7. The fraction of sp³-hybridized carbons (Fsp3) is 0.931. The predicted octanol–water partition coefficient (Wildman–Crippen LogP) is 6.33. The quantitative estimate of drug-likeness (QED) is 0.302. The summed E-state index contributed by atoms with van der Waals surface area (Å²) < 4.78 is 6.87. The van der Waals surface area contributed by atoms with E-state index in [2.05, 4.69) is 48.5 Å². The maximum atomic E-state index is 11.1. The highest BCUT2D eigenvalue weighted by atomic mass is 16.6. The van der Waals surface area contributed by atoms with Crippen LogP contribution in [-0.4, -0.2) is 27.2 Å². The third kappa shape index (κ3) is 2.77. The average Bonchev–Trinajstić information content (AvgIpc) is 3.19. The molecule has 1 aliphatic heterocycles. The number of ether oxygens (including phenoxy) is 1. The van der Waals surface area contributed by atoms with E-state index in [1.807, 2.05) is 6.08 Å². The molecule has 1 spiro atoms. The molecule has 3 nitrogen and oxygen atoms in total. The van der Waals surface area contributed by atoms with Crippen molar-refractivity contribution in [2.45, 2.75) is 117 Å². The van der Waals surface area contributed by atoms with Gasteiger partial charge in [0.25, 0.3) is 0 Å². The first-order chi connectivity index (χ1) is 14.8. The van der Waals surface area contributed by atoms with Crippen molar-refractivity contribution in [1.82, 2.24) is 0 Å². The largest absolute Gasteiger partial charge is 0.362 e. The summed E-state index contributed by atoms with van der Waals surface area (Å²) in [6.07, 6.45) is 13.0. The summed E-state index contributed by atoms with van der Waals surface area (Å²) in [5, 5.41) is 22.2. The Balaban J connectivity index is 1.40. The Bertz CT molecular complexity index is 787. The van der Waals surface area contributed by atoms with Crippen LogP contribution in [-0.2, 0) is 4.74 Å². The van der Waals surface area contributed by atoms with Gasteiger partial charge in [-0.3, -0.25) is 0 Å². The summed E-state index contributed by atoms with van der Waals surface area (Å²) >= 11 is 0. The highest BCUT2D eigenvalue weighted by molar-refractivity contribution is 5.28. The third-order valence-corrected chi connectivity index (χ3v) is 12.5. The average molecular weight is 445 g/mol. The molecule has 4 fully saturated rings. The normalized spacial score (nSPS) is 52.9. The van der Waals surface area contributed by atoms with Crippen molar-refractivity contribution in [1.29, 1.82) is 0 Å². The van der Waals surface area contributed by atoms with Crippen LogP contribution in [0.2, 0.25) is 0 Å². The van der Waals surface area contributed by atoms with Gasteiger partial charge in [0, 0.05) is 10.8 Å². The van der Waals surface area contributed by atoms with E-state index in [1.54, 1.807) is 6.08 Å². The molecular formula is C29H48O3. The molecule has 0 amide bonds. The molecule has 0 aromatic rings. The molecule has 182 valence electrons. The second kappa shape index (κ2) is 7.08. The minimum atomic E-state index is -1.67. The van der Waals surface area contributed by atoms with E-state index in [0.717, 1.165) is 19.3 Å². The summed E-state index contributed by atoms with van der Waals surface area (Å²) in [5.74, 6) is 2.47. The standard InChI is InChI=1S/C29H48O3/c1-18(2)20(4)19(3)17-26(6)28(32-26)16-13-23-22-11-10-21-9-8-14-29(30,31)27(21,7)24(22)12-15-25(23,28)5/h8,14,18-24,30-31H,9-13,15-17H2,1-7H3/t19?,20?,21?,22-,23-,24-,25-,26-,27-,28+/m0/s1. The van der Waals surface area contributed by atoms with E-state index in [9.17, 15) is 10.2 Å². The van der Waals surface area contributed by atoms with E-state index in [4.69, 9.17) is 4.74 Å². The Morgan fingerprint density at radius 3 is 2.31 bits per heavy atom. The van der Waals surface area contributed by atoms with E-state index in [0.29, 0.717) is 41.4 Å². The minimum Gasteiger partial charge on any atom is -0.362 e. The van der Waals surface area contributed by atoms with Crippen LogP contribution >= 0.6 is 0 Å². The first kappa shape index (κ1) is 23.4. The van der Waals surface area contributed by atoms with Gasteiger partial charge in [0.2, 0.25) is 0 Å². The molecule has 3 unspecified atom stereocenters. The lowest BCUT2D eigenvalue weighted by Gasteiger charge is -2.62. The number of fused-ring (bicyclic) bond motifs is 6. The molecule has 3 saturated carbocycles. The zero-order valence-corrected chi connectivity index (χ0v) is 21.7. The van der Waals surface area contributed by atoms with Gasteiger partial charge in [0.05, 0.1) is 5.60 Å².